The largest absolute Gasteiger partial charge is 0.345 e. The number of unbranched alkanes of at least 4 members (excludes halogenated alkanes) is 4. The highest BCUT2D eigenvalue weighted by Crippen LogP contribution is 2.14. The second kappa shape index (κ2) is 9.20. The second-order valence-electron chi connectivity index (χ2n) is 5.93. The number of hydrogen-bond donors (Lipinski definition) is 0. The highest BCUT2D eigenvalue weighted by atomic mass is 16.1. The van der Waals surface area contributed by atoms with Crippen molar-refractivity contribution in [1.29, 1.82) is 0 Å². The minimum atomic E-state index is 0.118. The average molecular weight is 309 g/mol. The number of fused-ring (bicyclic) bond motifs is 1. The molecule has 1 aromatic carbocycles. The van der Waals surface area contributed by atoms with Gasteiger partial charge in [-0.1, -0.05) is 38.3 Å². The van der Waals surface area contributed by atoms with Crippen LogP contribution in [0.3, 0.4) is 0 Å². The molecular weight excluding hydrogens is 282 g/mol. The molecule has 0 atom stereocenters. The predicted octanol–water partition coefficient (Wildman–Crippen LogP) is 4.93. The summed E-state index contributed by atoms with van der Waals surface area (Å²) in [5.74, 6) is 6.53. The van der Waals surface area contributed by atoms with Gasteiger partial charge in [0.2, 0.25) is 0 Å². The summed E-state index contributed by atoms with van der Waals surface area (Å²) in [5.41, 5.74) is 2.24. The molecule has 0 radical (unpaired) electrons. The molecule has 0 saturated heterocycles. The molecule has 0 saturated carbocycles. The highest BCUT2D eigenvalue weighted by Gasteiger charge is 2.06. The van der Waals surface area contributed by atoms with Crippen LogP contribution in [0.25, 0.3) is 10.9 Å². The number of rotatable bonds is 7. The average Bonchev–Trinajstić information content (AvgIpc) is 2.57. The smallest absolute Gasteiger partial charge is 0.189 e. The van der Waals surface area contributed by atoms with Gasteiger partial charge < -0.3 is 4.57 Å². The van der Waals surface area contributed by atoms with E-state index in [0.717, 1.165) is 42.4 Å². The Kier molecular flexibility index (Phi) is 6.94. The van der Waals surface area contributed by atoms with Gasteiger partial charge in [0, 0.05) is 36.5 Å². The predicted molar refractivity (Wildman–Crippen MR) is 98.7 cm³/mol. The van der Waals surface area contributed by atoms with E-state index in [1.807, 2.05) is 24.3 Å². The van der Waals surface area contributed by atoms with E-state index in [2.05, 4.69) is 30.3 Å². The third kappa shape index (κ3) is 4.73. The maximum Gasteiger partial charge on any atom is 0.189 e. The zero-order valence-electron chi connectivity index (χ0n) is 14.4. The third-order valence-electron chi connectivity index (χ3n) is 4.21. The fourth-order valence-corrected chi connectivity index (χ4v) is 2.97. The lowest BCUT2D eigenvalue weighted by Gasteiger charge is -2.14. The Hall–Kier alpha value is -2.01. The molecule has 2 heteroatoms. The Labute approximate surface area is 139 Å². The van der Waals surface area contributed by atoms with E-state index in [-0.39, 0.29) is 5.43 Å². The molecule has 0 unspecified atom stereocenters. The quantitative estimate of drug-likeness (QED) is 0.525. The van der Waals surface area contributed by atoms with Gasteiger partial charge in [0.15, 0.2) is 5.43 Å². The zero-order valence-corrected chi connectivity index (χ0v) is 14.4. The van der Waals surface area contributed by atoms with Gasteiger partial charge in [-0.05, 0) is 31.9 Å². The lowest BCUT2D eigenvalue weighted by molar-refractivity contribution is 0.679. The van der Waals surface area contributed by atoms with E-state index in [1.54, 1.807) is 6.07 Å². The second-order valence-corrected chi connectivity index (χ2v) is 5.93. The molecule has 1 aromatic heterocycles. The minimum Gasteiger partial charge on any atom is -0.345 e. The van der Waals surface area contributed by atoms with Crippen molar-refractivity contribution in [3.8, 4) is 11.8 Å². The summed E-state index contributed by atoms with van der Waals surface area (Å²) in [6.45, 7) is 5.23. The first kappa shape index (κ1) is 17.3. The molecule has 2 aromatic rings. The van der Waals surface area contributed by atoms with E-state index >= 15 is 0 Å². The fraction of sp³-hybridized carbons (Fsp3) is 0.476. The minimum absolute atomic E-state index is 0.118. The molecule has 0 aliphatic heterocycles. The normalized spacial score (nSPS) is 10.5. The van der Waals surface area contributed by atoms with Crippen LogP contribution in [0.2, 0.25) is 0 Å². The van der Waals surface area contributed by atoms with Crippen LogP contribution in [0.15, 0.2) is 35.1 Å². The molecule has 122 valence electrons. The van der Waals surface area contributed by atoms with Crippen LogP contribution in [-0.2, 0) is 13.0 Å². The van der Waals surface area contributed by atoms with Gasteiger partial charge in [0.1, 0.15) is 0 Å². The van der Waals surface area contributed by atoms with Crippen LogP contribution in [0.4, 0.5) is 0 Å². The maximum atomic E-state index is 12.3. The summed E-state index contributed by atoms with van der Waals surface area (Å²) in [7, 11) is 0. The number of para-hydroxylation sites is 1. The van der Waals surface area contributed by atoms with E-state index in [0.29, 0.717) is 0 Å². The molecule has 0 bridgehead atoms. The number of aryl methyl sites for hydroxylation is 2. The summed E-state index contributed by atoms with van der Waals surface area (Å²) in [4.78, 5) is 12.3. The topological polar surface area (TPSA) is 22.0 Å². The van der Waals surface area contributed by atoms with E-state index < -0.39 is 0 Å². The van der Waals surface area contributed by atoms with Crippen LogP contribution in [0.1, 0.15) is 58.1 Å². The molecule has 2 rings (SSSR count). The van der Waals surface area contributed by atoms with Gasteiger partial charge in [0.05, 0.1) is 5.52 Å². The fourth-order valence-electron chi connectivity index (χ4n) is 2.97. The van der Waals surface area contributed by atoms with Crippen molar-refractivity contribution in [2.45, 2.75) is 65.3 Å². The molecule has 0 aliphatic carbocycles. The summed E-state index contributed by atoms with van der Waals surface area (Å²) in [6.07, 6.45) is 7.73. The number of pyridine rings is 1. The molecule has 0 spiro atoms. The number of aromatic nitrogens is 1. The standard InChI is InChI=1S/C21H27NO/c1-3-5-6-7-8-9-10-11-14-18-17-21(23)19-15-12-13-16-20(19)22(18)4-2/h12-13,15-17H,3-8,11,14H2,1-2H3. The van der Waals surface area contributed by atoms with Crippen molar-refractivity contribution < 1.29 is 0 Å². The van der Waals surface area contributed by atoms with Crippen LogP contribution in [0.5, 0.6) is 0 Å². The van der Waals surface area contributed by atoms with Crippen molar-refractivity contribution in [3.05, 3.63) is 46.2 Å². The number of benzene rings is 1. The van der Waals surface area contributed by atoms with Crippen molar-refractivity contribution >= 4 is 10.9 Å². The summed E-state index contributed by atoms with van der Waals surface area (Å²) in [5, 5.41) is 0.806. The molecular formula is C21H27NO. The number of hydrogen-bond acceptors (Lipinski definition) is 1. The molecule has 1 heterocycles. The third-order valence-corrected chi connectivity index (χ3v) is 4.21. The Morgan fingerprint density at radius 1 is 1.00 bits per heavy atom. The Balaban J connectivity index is 2.03. The molecule has 0 aliphatic rings. The Bertz CT molecular complexity index is 746. The summed E-state index contributed by atoms with van der Waals surface area (Å²) < 4.78 is 2.24. The highest BCUT2D eigenvalue weighted by molar-refractivity contribution is 5.79. The van der Waals surface area contributed by atoms with Gasteiger partial charge in [0.25, 0.3) is 0 Å². The summed E-state index contributed by atoms with van der Waals surface area (Å²) >= 11 is 0. The van der Waals surface area contributed by atoms with Crippen molar-refractivity contribution in [2.24, 2.45) is 0 Å². The maximum absolute atomic E-state index is 12.3. The monoisotopic (exact) mass is 309 g/mol. The SMILES string of the molecule is CCCCCCC#CCCc1cc(=O)c2ccccc2n1CC. The molecule has 0 fully saturated rings. The zero-order chi connectivity index (χ0) is 16.5. The summed E-state index contributed by atoms with van der Waals surface area (Å²) in [6, 6.07) is 9.64. The Morgan fingerprint density at radius 2 is 1.78 bits per heavy atom. The van der Waals surface area contributed by atoms with Gasteiger partial charge in [-0.15, -0.1) is 11.8 Å². The van der Waals surface area contributed by atoms with Crippen molar-refractivity contribution in [1.82, 2.24) is 4.57 Å². The van der Waals surface area contributed by atoms with Gasteiger partial charge in [-0.3, -0.25) is 4.79 Å². The molecule has 0 N–H and O–H groups in total. The van der Waals surface area contributed by atoms with Gasteiger partial charge in [-0.25, -0.2) is 0 Å². The molecule has 2 nitrogen and oxygen atoms in total. The van der Waals surface area contributed by atoms with Gasteiger partial charge in [-0.2, -0.15) is 0 Å². The number of nitrogens with zero attached hydrogens (tertiary/aromatic N) is 1. The Morgan fingerprint density at radius 3 is 2.57 bits per heavy atom. The first-order valence-corrected chi connectivity index (χ1v) is 8.85. The lowest BCUT2D eigenvalue weighted by atomic mass is 10.1. The van der Waals surface area contributed by atoms with Crippen LogP contribution >= 0.6 is 0 Å². The molecule has 0 amide bonds. The van der Waals surface area contributed by atoms with E-state index in [4.69, 9.17) is 0 Å². The first-order chi connectivity index (χ1) is 11.3. The van der Waals surface area contributed by atoms with Crippen LogP contribution in [-0.4, -0.2) is 4.57 Å². The van der Waals surface area contributed by atoms with E-state index in [1.165, 1.54) is 25.7 Å². The lowest BCUT2D eigenvalue weighted by Crippen LogP contribution is -2.13. The molecule has 23 heavy (non-hydrogen) atoms. The first-order valence-electron chi connectivity index (χ1n) is 8.85. The van der Waals surface area contributed by atoms with Crippen molar-refractivity contribution in [2.75, 3.05) is 0 Å². The van der Waals surface area contributed by atoms with Crippen LogP contribution in [0, 0.1) is 11.8 Å². The van der Waals surface area contributed by atoms with E-state index in [9.17, 15) is 4.79 Å². The van der Waals surface area contributed by atoms with Crippen molar-refractivity contribution in [3.63, 3.8) is 0 Å². The van der Waals surface area contributed by atoms with Gasteiger partial charge >= 0.3 is 0 Å². The van der Waals surface area contributed by atoms with Crippen LogP contribution < -0.4 is 5.43 Å².